The maximum atomic E-state index is 10.9. The molecule has 18 heavy (non-hydrogen) atoms. The molecule has 0 aromatic rings. The van der Waals surface area contributed by atoms with Crippen LogP contribution in [0.1, 0.15) is 47.0 Å². The van der Waals surface area contributed by atoms with Gasteiger partial charge in [0.1, 0.15) is 6.04 Å². The first-order valence-electron chi connectivity index (χ1n) is 6.56. The van der Waals surface area contributed by atoms with Gasteiger partial charge in [-0.05, 0) is 19.3 Å². The highest BCUT2D eigenvalue weighted by molar-refractivity contribution is 5.82. The second-order valence-electron chi connectivity index (χ2n) is 5.23. The number of amides is 1. The highest BCUT2D eigenvalue weighted by atomic mass is 16.4. The molecule has 0 heterocycles. The van der Waals surface area contributed by atoms with E-state index in [1.165, 1.54) is 13.3 Å². The molecule has 0 rings (SSSR count). The third-order valence-corrected chi connectivity index (χ3v) is 2.76. The number of aliphatic carboxylic acids is 1. The van der Waals surface area contributed by atoms with Crippen LogP contribution in [-0.2, 0) is 9.59 Å². The Labute approximate surface area is 109 Å². The van der Waals surface area contributed by atoms with E-state index < -0.39 is 12.0 Å². The van der Waals surface area contributed by atoms with E-state index in [1.807, 2.05) is 6.92 Å². The number of carboxylic acids is 1. The lowest BCUT2D eigenvalue weighted by Gasteiger charge is -2.18. The first kappa shape index (κ1) is 16.9. The molecule has 2 atom stereocenters. The Morgan fingerprint density at radius 3 is 2.22 bits per heavy atom. The van der Waals surface area contributed by atoms with Crippen molar-refractivity contribution < 1.29 is 14.7 Å². The van der Waals surface area contributed by atoms with Crippen LogP contribution in [-0.4, -0.2) is 35.6 Å². The zero-order chi connectivity index (χ0) is 14.1. The molecule has 0 aromatic heterocycles. The molecule has 0 aromatic carbocycles. The van der Waals surface area contributed by atoms with E-state index >= 15 is 0 Å². The van der Waals surface area contributed by atoms with Crippen molar-refractivity contribution in [3.8, 4) is 0 Å². The Hall–Kier alpha value is -1.10. The highest BCUT2D eigenvalue weighted by Gasteiger charge is 2.18. The summed E-state index contributed by atoms with van der Waals surface area (Å²) in [5.41, 5.74) is 0. The van der Waals surface area contributed by atoms with E-state index in [4.69, 9.17) is 5.11 Å². The number of carboxylic acid groups (broad SMARTS) is 1. The summed E-state index contributed by atoms with van der Waals surface area (Å²) in [5, 5.41) is 14.5. The molecule has 0 bridgehead atoms. The number of nitrogens with one attached hydrogen (secondary N) is 2. The summed E-state index contributed by atoms with van der Waals surface area (Å²) in [6, 6.07) is -0.589. The van der Waals surface area contributed by atoms with E-state index in [-0.39, 0.29) is 18.5 Å². The van der Waals surface area contributed by atoms with Gasteiger partial charge in [0.05, 0.1) is 0 Å². The Morgan fingerprint density at radius 1 is 1.17 bits per heavy atom. The van der Waals surface area contributed by atoms with Gasteiger partial charge in [-0.1, -0.05) is 26.7 Å². The second kappa shape index (κ2) is 8.91. The molecule has 0 aliphatic heterocycles. The summed E-state index contributed by atoms with van der Waals surface area (Å²) in [5.74, 6) is -0.632. The van der Waals surface area contributed by atoms with Gasteiger partial charge >= 0.3 is 5.97 Å². The lowest BCUT2D eigenvalue weighted by molar-refractivity contribution is -0.141. The average Bonchev–Trinajstić information content (AvgIpc) is 2.22. The van der Waals surface area contributed by atoms with Gasteiger partial charge in [0.2, 0.25) is 5.91 Å². The predicted octanol–water partition coefficient (Wildman–Crippen LogP) is 1.38. The fourth-order valence-corrected chi connectivity index (χ4v) is 1.70. The monoisotopic (exact) mass is 258 g/mol. The normalized spacial score (nSPS) is 14.3. The van der Waals surface area contributed by atoms with Crippen molar-refractivity contribution in [1.82, 2.24) is 10.6 Å². The van der Waals surface area contributed by atoms with Gasteiger partial charge in [-0.15, -0.1) is 0 Å². The van der Waals surface area contributed by atoms with Crippen LogP contribution < -0.4 is 10.6 Å². The van der Waals surface area contributed by atoms with Gasteiger partial charge < -0.3 is 15.7 Å². The van der Waals surface area contributed by atoms with Gasteiger partial charge in [0.15, 0.2) is 0 Å². The van der Waals surface area contributed by atoms with Crippen LogP contribution in [0.3, 0.4) is 0 Å². The topological polar surface area (TPSA) is 78.4 Å². The maximum absolute atomic E-state index is 10.9. The standard InChI is InChI=1S/C13H26N2O3/c1-9(2)6-5-7-10(3)14-8-12(13(17)18)15-11(4)16/h9-10,12,14H,5-8H2,1-4H3,(H,15,16)(H,17,18). The first-order valence-corrected chi connectivity index (χ1v) is 6.56. The summed E-state index contributed by atoms with van der Waals surface area (Å²) in [6.07, 6.45) is 3.33. The minimum atomic E-state index is -1.01. The maximum Gasteiger partial charge on any atom is 0.327 e. The fourth-order valence-electron chi connectivity index (χ4n) is 1.70. The third kappa shape index (κ3) is 8.98. The lowest BCUT2D eigenvalue weighted by Crippen LogP contribution is -2.48. The van der Waals surface area contributed by atoms with E-state index in [0.717, 1.165) is 12.8 Å². The van der Waals surface area contributed by atoms with Gasteiger partial charge in [-0.3, -0.25) is 4.79 Å². The Kier molecular flexibility index (Phi) is 8.37. The smallest absolute Gasteiger partial charge is 0.327 e. The Balaban J connectivity index is 3.88. The van der Waals surface area contributed by atoms with E-state index in [2.05, 4.69) is 24.5 Å². The molecular weight excluding hydrogens is 232 g/mol. The van der Waals surface area contributed by atoms with Gasteiger partial charge in [0, 0.05) is 19.5 Å². The number of hydrogen-bond acceptors (Lipinski definition) is 3. The van der Waals surface area contributed by atoms with Crippen molar-refractivity contribution in [3.63, 3.8) is 0 Å². The number of carbonyl (C=O) groups is 2. The molecule has 106 valence electrons. The van der Waals surface area contributed by atoms with Crippen molar-refractivity contribution in [1.29, 1.82) is 0 Å². The van der Waals surface area contributed by atoms with Crippen molar-refractivity contribution >= 4 is 11.9 Å². The molecule has 0 saturated heterocycles. The summed E-state index contributed by atoms with van der Waals surface area (Å²) in [4.78, 5) is 21.7. The minimum Gasteiger partial charge on any atom is -0.480 e. The molecule has 1 amide bonds. The van der Waals surface area contributed by atoms with Crippen molar-refractivity contribution in [2.24, 2.45) is 5.92 Å². The third-order valence-electron chi connectivity index (χ3n) is 2.76. The lowest BCUT2D eigenvalue weighted by atomic mass is 10.0. The molecule has 0 fully saturated rings. The molecule has 0 aliphatic carbocycles. The summed E-state index contributed by atoms with van der Waals surface area (Å²) < 4.78 is 0. The molecule has 0 spiro atoms. The van der Waals surface area contributed by atoms with E-state index in [9.17, 15) is 9.59 Å². The Bertz CT molecular complexity index is 267. The highest BCUT2D eigenvalue weighted by Crippen LogP contribution is 2.08. The van der Waals surface area contributed by atoms with E-state index in [1.54, 1.807) is 0 Å². The molecule has 2 unspecified atom stereocenters. The van der Waals surface area contributed by atoms with Crippen LogP contribution in [0, 0.1) is 5.92 Å². The quantitative estimate of drug-likeness (QED) is 0.584. The van der Waals surface area contributed by atoms with Crippen LogP contribution in [0.25, 0.3) is 0 Å². The molecule has 3 N–H and O–H groups in total. The van der Waals surface area contributed by atoms with Crippen molar-refractivity contribution in [2.45, 2.75) is 59.0 Å². The SMILES string of the molecule is CC(=O)NC(CNC(C)CCCC(C)C)C(=O)O. The molecular formula is C13H26N2O3. The minimum absolute atomic E-state index is 0.262. The number of hydrogen-bond donors (Lipinski definition) is 3. The number of carbonyl (C=O) groups excluding carboxylic acids is 1. The van der Waals surface area contributed by atoms with Crippen LogP contribution in [0.5, 0.6) is 0 Å². The predicted molar refractivity (Wildman–Crippen MR) is 71.4 cm³/mol. The zero-order valence-corrected chi connectivity index (χ0v) is 11.8. The van der Waals surface area contributed by atoms with Crippen LogP contribution >= 0.6 is 0 Å². The largest absolute Gasteiger partial charge is 0.480 e. The van der Waals surface area contributed by atoms with Crippen LogP contribution in [0.4, 0.5) is 0 Å². The molecule has 5 heteroatoms. The number of rotatable bonds is 9. The molecule has 0 aliphatic rings. The van der Waals surface area contributed by atoms with E-state index in [0.29, 0.717) is 5.92 Å². The summed E-state index contributed by atoms with van der Waals surface area (Å²) in [7, 11) is 0. The second-order valence-corrected chi connectivity index (χ2v) is 5.23. The van der Waals surface area contributed by atoms with Crippen molar-refractivity contribution in [2.75, 3.05) is 6.54 Å². The van der Waals surface area contributed by atoms with Crippen LogP contribution in [0.2, 0.25) is 0 Å². The molecule has 0 radical (unpaired) electrons. The zero-order valence-electron chi connectivity index (χ0n) is 11.8. The summed E-state index contributed by atoms with van der Waals surface area (Å²) >= 11 is 0. The summed E-state index contributed by atoms with van der Waals surface area (Å²) in [6.45, 7) is 8.00. The first-order chi connectivity index (χ1) is 8.32. The van der Waals surface area contributed by atoms with Gasteiger partial charge in [0.25, 0.3) is 0 Å². The Morgan fingerprint density at radius 2 is 1.78 bits per heavy atom. The van der Waals surface area contributed by atoms with Gasteiger partial charge in [-0.25, -0.2) is 4.79 Å². The van der Waals surface area contributed by atoms with Crippen LogP contribution in [0.15, 0.2) is 0 Å². The average molecular weight is 258 g/mol. The van der Waals surface area contributed by atoms with Crippen molar-refractivity contribution in [3.05, 3.63) is 0 Å². The van der Waals surface area contributed by atoms with Gasteiger partial charge in [-0.2, -0.15) is 0 Å². The molecule has 0 saturated carbocycles. The molecule has 5 nitrogen and oxygen atoms in total. The fraction of sp³-hybridized carbons (Fsp3) is 0.846.